The Morgan fingerprint density at radius 1 is 1.15 bits per heavy atom. The monoisotopic (exact) mass is 466 g/mol. The average Bonchev–Trinajstić information content (AvgIpc) is 2.79. The minimum atomic E-state index is -0.622. The summed E-state index contributed by atoms with van der Waals surface area (Å²) in [5.74, 6) is 1.26. The largest absolute Gasteiger partial charge is 0.460 e. The summed E-state index contributed by atoms with van der Waals surface area (Å²) < 4.78 is 8.14. The van der Waals surface area contributed by atoms with E-state index in [-0.39, 0.29) is 19.0 Å². The molecule has 3 aromatic rings. The lowest BCUT2D eigenvalue weighted by atomic mass is 10.2. The first-order chi connectivity index (χ1) is 15.9. The van der Waals surface area contributed by atoms with E-state index in [2.05, 4.69) is 15.3 Å². The van der Waals surface area contributed by atoms with Crippen LogP contribution in [0.25, 0.3) is 0 Å². The van der Waals surface area contributed by atoms with E-state index in [0.29, 0.717) is 22.2 Å². The van der Waals surface area contributed by atoms with Gasteiger partial charge in [0.1, 0.15) is 11.5 Å². The van der Waals surface area contributed by atoms with Crippen LogP contribution in [0.1, 0.15) is 19.4 Å². The van der Waals surface area contributed by atoms with E-state index >= 15 is 0 Å². The molecule has 0 aliphatic carbocycles. The van der Waals surface area contributed by atoms with Crippen LogP contribution in [-0.4, -0.2) is 26.5 Å². The zero-order valence-corrected chi connectivity index (χ0v) is 18.9. The summed E-state index contributed by atoms with van der Waals surface area (Å²) in [5.41, 5.74) is 0.380. The molecule has 0 spiro atoms. The molecule has 2 aromatic carbocycles. The smallest absolute Gasteiger partial charge is 0.354 e. The molecule has 3 rings (SSSR count). The summed E-state index contributed by atoms with van der Waals surface area (Å²) in [6.07, 6.45) is 3.91. The molecule has 1 aromatic heterocycles. The quantitative estimate of drug-likeness (QED) is 0.367. The van der Waals surface area contributed by atoms with Crippen molar-refractivity contribution in [3.63, 3.8) is 0 Å². The molecule has 170 valence electrons. The van der Waals surface area contributed by atoms with E-state index in [0.717, 1.165) is 16.3 Å². The highest BCUT2D eigenvalue weighted by atomic mass is 35.5. The molecule has 9 nitrogen and oxygen atoms in total. The lowest BCUT2D eigenvalue weighted by Gasteiger charge is -2.15. The molecule has 0 amide bonds. The summed E-state index contributed by atoms with van der Waals surface area (Å²) in [6.45, 7) is 3.90. The van der Waals surface area contributed by atoms with Gasteiger partial charge < -0.3 is 15.5 Å². The number of aromatic nitrogens is 3. The van der Waals surface area contributed by atoms with Crippen LogP contribution in [0.4, 0.5) is 11.6 Å². The highest BCUT2D eigenvalue weighted by molar-refractivity contribution is 6.30. The number of nitrogens with zero attached hydrogens (tertiary/aromatic N) is 4. The third-order valence-electron chi connectivity index (χ3n) is 4.53. The van der Waals surface area contributed by atoms with Crippen LogP contribution in [0.2, 0.25) is 5.02 Å². The normalized spacial score (nSPS) is 11.5. The molecular weight excluding hydrogens is 444 g/mol. The molecule has 0 unspecified atom stereocenters. The molecule has 10 heteroatoms. The predicted octanol–water partition coefficient (Wildman–Crippen LogP) is 3.83. The molecule has 0 atom stereocenters. The van der Waals surface area contributed by atoms with Crippen molar-refractivity contribution in [3.8, 4) is 5.75 Å². The topological polar surface area (TPSA) is 114 Å². The molecule has 0 aliphatic rings. The van der Waals surface area contributed by atoms with Gasteiger partial charge in [-0.25, -0.2) is 14.2 Å². The Morgan fingerprint density at radius 2 is 1.85 bits per heavy atom. The fourth-order valence-corrected chi connectivity index (χ4v) is 3.07. The third-order valence-corrected chi connectivity index (χ3v) is 4.78. The Bertz CT molecular complexity index is 1290. The standard InChI is InChI=1S/C23H23ClN6O3/c1-3-29-22(31)28-21(30(23(29)32)15-17-4-6-18(24)7-5-17)27-19-8-10-20(11-9-19)33-16(2)14-26-13-12-25/h4-14,25H,3,15H2,1-2H3,(H,27,28,31)/b16-14+,25-12?,26-13?. The van der Waals surface area contributed by atoms with Crippen molar-refractivity contribution in [1.29, 1.82) is 5.41 Å². The van der Waals surface area contributed by atoms with Gasteiger partial charge in [-0.05, 0) is 55.8 Å². The third kappa shape index (κ3) is 6.27. The Labute approximate surface area is 195 Å². The Morgan fingerprint density at radius 3 is 2.48 bits per heavy atom. The SMILES string of the molecule is CCn1c(=O)nc(Nc2ccc(O/C(C)=C/N=CC=N)cc2)n(Cc2ccc(Cl)cc2)c1=O. The van der Waals surface area contributed by atoms with Gasteiger partial charge in [-0.3, -0.25) is 9.56 Å². The van der Waals surface area contributed by atoms with E-state index < -0.39 is 11.4 Å². The number of hydrogen-bond donors (Lipinski definition) is 2. The summed E-state index contributed by atoms with van der Waals surface area (Å²) >= 11 is 5.96. The minimum absolute atomic E-state index is 0.135. The van der Waals surface area contributed by atoms with Gasteiger partial charge in [0.25, 0.3) is 0 Å². The van der Waals surface area contributed by atoms with Gasteiger partial charge in [-0.1, -0.05) is 23.7 Å². The number of ether oxygens (including phenoxy) is 1. The van der Waals surface area contributed by atoms with Gasteiger partial charge in [0.2, 0.25) is 5.95 Å². The van der Waals surface area contributed by atoms with Crippen molar-refractivity contribution in [3.05, 3.63) is 92.0 Å². The fraction of sp³-hybridized carbons (Fsp3) is 0.174. The highest BCUT2D eigenvalue weighted by Crippen LogP contribution is 2.20. The number of halogens is 1. The molecule has 0 radical (unpaired) electrons. The summed E-state index contributed by atoms with van der Waals surface area (Å²) in [7, 11) is 0. The lowest BCUT2D eigenvalue weighted by molar-refractivity contribution is 0.426. The summed E-state index contributed by atoms with van der Waals surface area (Å²) in [6, 6.07) is 14.1. The van der Waals surface area contributed by atoms with Crippen LogP contribution in [-0.2, 0) is 13.1 Å². The van der Waals surface area contributed by atoms with Crippen LogP contribution in [0, 0.1) is 5.41 Å². The van der Waals surface area contributed by atoms with Crippen LogP contribution in [0.5, 0.6) is 5.75 Å². The lowest BCUT2D eigenvalue weighted by Crippen LogP contribution is -2.42. The molecule has 33 heavy (non-hydrogen) atoms. The van der Waals surface area contributed by atoms with Gasteiger partial charge in [-0.2, -0.15) is 4.98 Å². The molecule has 0 bridgehead atoms. The number of aliphatic imine (C=N–C) groups is 1. The molecule has 0 saturated heterocycles. The first-order valence-corrected chi connectivity index (χ1v) is 10.5. The zero-order valence-electron chi connectivity index (χ0n) is 18.2. The van der Waals surface area contributed by atoms with Gasteiger partial charge in [0, 0.05) is 29.7 Å². The first kappa shape index (κ1) is 23.7. The van der Waals surface area contributed by atoms with E-state index in [1.54, 1.807) is 50.2 Å². The van der Waals surface area contributed by atoms with E-state index in [9.17, 15) is 9.59 Å². The molecule has 2 N–H and O–H groups in total. The van der Waals surface area contributed by atoms with E-state index in [1.807, 2.05) is 12.1 Å². The highest BCUT2D eigenvalue weighted by Gasteiger charge is 2.13. The fourth-order valence-electron chi connectivity index (χ4n) is 2.95. The number of rotatable bonds is 9. The average molecular weight is 467 g/mol. The number of hydrogen-bond acceptors (Lipinski definition) is 7. The maximum Gasteiger partial charge on any atom is 0.354 e. The predicted molar refractivity (Wildman–Crippen MR) is 130 cm³/mol. The number of allylic oxidation sites excluding steroid dienone is 1. The van der Waals surface area contributed by atoms with Crippen molar-refractivity contribution in [2.45, 2.75) is 26.9 Å². The van der Waals surface area contributed by atoms with Crippen molar-refractivity contribution in [2.75, 3.05) is 5.32 Å². The second-order valence-corrected chi connectivity index (χ2v) is 7.35. The van der Waals surface area contributed by atoms with E-state index in [4.69, 9.17) is 21.7 Å². The van der Waals surface area contributed by atoms with Gasteiger partial charge in [-0.15, -0.1) is 0 Å². The first-order valence-electron chi connectivity index (χ1n) is 10.1. The van der Waals surface area contributed by atoms with Gasteiger partial charge in [0.05, 0.1) is 12.7 Å². The molecule has 1 heterocycles. The number of benzene rings is 2. The molecule has 0 fully saturated rings. The van der Waals surface area contributed by atoms with Crippen molar-refractivity contribution in [2.24, 2.45) is 4.99 Å². The second-order valence-electron chi connectivity index (χ2n) is 6.91. The van der Waals surface area contributed by atoms with Crippen LogP contribution < -0.4 is 21.4 Å². The summed E-state index contributed by atoms with van der Waals surface area (Å²) in [5, 5.41) is 10.6. The Balaban J connectivity index is 1.88. The number of anilines is 2. The van der Waals surface area contributed by atoms with Crippen LogP contribution in [0.15, 0.2) is 75.1 Å². The molecule has 0 saturated carbocycles. The summed E-state index contributed by atoms with van der Waals surface area (Å²) in [4.78, 5) is 33.3. The minimum Gasteiger partial charge on any atom is -0.460 e. The maximum atomic E-state index is 13.0. The van der Waals surface area contributed by atoms with Crippen molar-refractivity contribution in [1.82, 2.24) is 14.1 Å². The van der Waals surface area contributed by atoms with Crippen molar-refractivity contribution >= 4 is 35.7 Å². The van der Waals surface area contributed by atoms with Gasteiger partial charge in [0.15, 0.2) is 0 Å². The van der Waals surface area contributed by atoms with E-state index in [1.165, 1.54) is 17.0 Å². The maximum absolute atomic E-state index is 13.0. The van der Waals surface area contributed by atoms with Crippen LogP contribution in [0.3, 0.4) is 0 Å². The Kier molecular flexibility index (Phi) is 7.93. The zero-order chi connectivity index (χ0) is 23.8. The second kappa shape index (κ2) is 11.1. The molecule has 0 aliphatic heterocycles. The number of nitrogens with one attached hydrogen (secondary N) is 2. The molecular formula is C23H23ClN6O3. The van der Waals surface area contributed by atoms with Crippen molar-refractivity contribution < 1.29 is 4.74 Å². The Hall–Kier alpha value is -3.98. The van der Waals surface area contributed by atoms with Gasteiger partial charge >= 0.3 is 11.4 Å². The van der Waals surface area contributed by atoms with Crippen LogP contribution >= 0.6 is 11.6 Å².